The highest BCUT2D eigenvalue weighted by atomic mass is 16.6. The van der Waals surface area contributed by atoms with Crippen LogP contribution < -0.4 is 16.0 Å². The topological polar surface area (TPSA) is 144 Å². The summed E-state index contributed by atoms with van der Waals surface area (Å²) in [5.74, 6) is 0.903. The van der Waals surface area contributed by atoms with E-state index in [1.807, 2.05) is 0 Å². The number of carbonyl (C=O) groups excluding carboxylic acids is 2. The van der Waals surface area contributed by atoms with Gasteiger partial charge in [0.1, 0.15) is 5.82 Å². The summed E-state index contributed by atoms with van der Waals surface area (Å²) in [4.78, 5) is 33.6. The molecule has 132 valence electrons. The highest BCUT2D eigenvalue weighted by Crippen LogP contribution is 2.16. The maximum absolute atomic E-state index is 11.7. The molecule has 2 aromatic rings. The lowest BCUT2D eigenvalue weighted by Gasteiger charge is -2.08. The second-order valence-electron chi connectivity index (χ2n) is 5.11. The number of benzene rings is 1. The molecule has 0 aliphatic heterocycles. The highest BCUT2D eigenvalue weighted by Gasteiger charge is 2.10. The molecule has 0 aliphatic rings. The monoisotopic (exact) mass is 347 g/mol. The first-order chi connectivity index (χ1) is 11.9. The van der Waals surface area contributed by atoms with Crippen LogP contribution in [-0.2, 0) is 18.4 Å². The van der Waals surface area contributed by atoms with Crippen LogP contribution >= 0.6 is 0 Å². The van der Waals surface area contributed by atoms with Crippen molar-refractivity contribution in [3.05, 3.63) is 46.0 Å². The van der Waals surface area contributed by atoms with Gasteiger partial charge >= 0.3 is 6.03 Å². The van der Waals surface area contributed by atoms with Crippen molar-refractivity contribution in [2.45, 2.75) is 13.5 Å². The van der Waals surface area contributed by atoms with Crippen molar-refractivity contribution in [2.75, 3.05) is 11.9 Å². The normalized spacial score (nSPS) is 10.2. The average Bonchev–Trinajstić information content (AvgIpc) is 2.90. The van der Waals surface area contributed by atoms with E-state index < -0.39 is 16.9 Å². The number of non-ortho nitro benzene ring substituents is 1. The predicted molar refractivity (Wildman–Crippen MR) is 87.7 cm³/mol. The summed E-state index contributed by atoms with van der Waals surface area (Å²) in [5.41, 5.74) is 0.108. The molecule has 3 amide bonds. The number of urea groups is 1. The summed E-state index contributed by atoms with van der Waals surface area (Å²) >= 11 is 0. The molecule has 1 aromatic carbocycles. The molecule has 0 saturated carbocycles. The maximum Gasteiger partial charge on any atom is 0.319 e. The predicted octanol–water partition coefficient (Wildman–Crippen LogP) is 0.470. The van der Waals surface area contributed by atoms with Gasteiger partial charge in [-0.1, -0.05) is 6.07 Å². The van der Waals surface area contributed by atoms with Gasteiger partial charge < -0.3 is 20.5 Å². The van der Waals surface area contributed by atoms with Crippen LogP contribution in [0.3, 0.4) is 0 Å². The Balaban J connectivity index is 1.77. The first kappa shape index (κ1) is 17.8. The van der Waals surface area contributed by atoms with Gasteiger partial charge in [-0.2, -0.15) is 0 Å². The van der Waals surface area contributed by atoms with E-state index in [0.29, 0.717) is 5.82 Å². The molecule has 3 N–H and O–H groups in total. The number of nitrogens with zero attached hydrogens (tertiary/aromatic N) is 4. The Morgan fingerprint density at radius 2 is 2.04 bits per heavy atom. The van der Waals surface area contributed by atoms with Gasteiger partial charge in [0.25, 0.3) is 5.69 Å². The SMILES string of the molecule is Cc1nnc(CNC(=O)CNC(=O)Nc2cccc([N+](=O)[O-])c2)n1C. The van der Waals surface area contributed by atoms with Gasteiger partial charge in [-0.05, 0) is 13.0 Å². The Hall–Kier alpha value is -3.50. The first-order valence-electron chi connectivity index (χ1n) is 7.27. The lowest BCUT2D eigenvalue weighted by atomic mass is 10.3. The van der Waals surface area contributed by atoms with E-state index in [1.165, 1.54) is 24.3 Å². The van der Waals surface area contributed by atoms with Gasteiger partial charge in [0.2, 0.25) is 5.91 Å². The first-order valence-corrected chi connectivity index (χ1v) is 7.27. The van der Waals surface area contributed by atoms with E-state index in [-0.39, 0.29) is 24.5 Å². The third-order valence-corrected chi connectivity index (χ3v) is 3.35. The zero-order chi connectivity index (χ0) is 18.4. The lowest BCUT2D eigenvalue weighted by molar-refractivity contribution is -0.384. The van der Waals surface area contributed by atoms with Crippen LogP contribution in [0.15, 0.2) is 24.3 Å². The molecular formula is C14H17N7O4. The standard InChI is InChI=1S/C14H17N7O4/c1-9-18-19-12(20(9)2)7-15-13(22)8-16-14(23)17-10-4-3-5-11(6-10)21(24)25/h3-6H,7-8H2,1-2H3,(H,15,22)(H2,16,17,23). The third-order valence-electron chi connectivity index (χ3n) is 3.35. The number of anilines is 1. The third kappa shape index (κ3) is 4.99. The van der Waals surface area contributed by atoms with Crippen molar-refractivity contribution in [3.63, 3.8) is 0 Å². The zero-order valence-electron chi connectivity index (χ0n) is 13.6. The molecule has 2 rings (SSSR count). The Labute approximate surface area is 142 Å². The van der Waals surface area contributed by atoms with Gasteiger partial charge in [-0.3, -0.25) is 14.9 Å². The molecule has 1 heterocycles. The molecule has 0 spiro atoms. The van der Waals surface area contributed by atoms with Crippen molar-refractivity contribution in [3.8, 4) is 0 Å². The highest BCUT2D eigenvalue weighted by molar-refractivity contribution is 5.92. The number of nitrogens with one attached hydrogen (secondary N) is 3. The summed E-state index contributed by atoms with van der Waals surface area (Å²) in [6.45, 7) is 1.72. The fraction of sp³-hybridized carbons (Fsp3) is 0.286. The Bertz CT molecular complexity index is 802. The summed E-state index contributed by atoms with van der Waals surface area (Å²) in [6.07, 6.45) is 0. The van der Waals surface area contributed by atoms with Crippen LogP contribution in [0.2, 0.25) is 0 Å². The van der Waals surface area contributed by atoms with Crippen molar-refractivity contribution < 1.29 is 14.5 Å². The molecule has 0 unspecified atom stereocenters. The number of aromatic nitrogens is 3. The summed E-state index contributed by atoms with van der Waals surface area (Å²) in [7, 11) is 1.78. The molecule has 1 aromatic heterocycles. The molecule has 0 fully saturated rings. The molecule has 0 radical (unpaired) electrons. The van der Waals surface area contributed by atoms with Gasteiger partial charge in [0, 0.05) is 24.9 Å². The number of nitro benzene ring substituents is 1. The number of nitro groups is 1. The minimum absolute atomic E-state index is 0.144. The smallest absolute Gasteiger partial charge is 0.319 e. The van der Waals surface area contributed by atoms with Crippen LogP contribution in [-0.4, -0.2) is 38.2 Å². The van der Waals surface area contributed by atoms with E-state index in [1.54, 1.807) is 18.5 Å². The van der Waals surface area contributed by atoms with Gasteiger partial charge in [0.05, 0.1) is 18.0 Å². The quantitative estimate of drug-likeness (QED) is 0.512. The summed E-state index contributed by atoms with van der Waals surface area (Å²) in [6, 6.07) is 4.83. The number of rotatable bonds is 6. The van der Waals surface area contributed by atoms with Crippen LogP contribution in [0, 0.1) is 17.0 Å². The molecule has 25 heavy (non-hydrogen) atoms. The molecular weight excluding hydrogens is 330 g/mol. The van der Waals surface area contributed by atoms with Crippen molar-refractivity contribution in [1.29, 1.82) is 0 Å². The average molecular weight is 347 g/mol. The Kier molecular flexibility index (Phi) is 5.61. The van der Waals surface area contributed by atoms with Gasteiger partial charge in [0.15, 0.2) is 5.82 Å². The van der Waals surface area contributed by atoms with Crippen molar-refractivity contribution in [2.24, 2.45) is 7.05 Å². The molecule has 0 aliphatic carbocycles. The fourth-order valence-corrected chi connectivity index (χ4v) is 1.88. The number of hydrogen-bond acceptors (Lipinski definition) is 6. The van der Waals surface area contributed by atoms with Crippen molar-refractivity contribution >= 4 is 23.3 Å². The van der Waals surface area contributed by atoms with Gasteiger partial charge in [-0.25, -0.2) is 4.79 Å². The number of hydrogen-bond donors (Lipinski definition) is 3. The fourth-order valence-electron chi connectivity index (χ4n) is 1.88. The summed E-state index contributed by atoms with van der Waals surface area (Å²) < 4.78 is 1.74. The minimum Gasteiger partial charge on any atom is -0.347 e. The van der Waals surface area contributed by atoms with E-state index in [9.17, 15) is 19.7 Å². The zero-order valence-corrected chi connectivity index (χ0v) is 13.6. The number of carbonyl (C=O) groups is 2. The largest absolute Gasteiger partial charge is 0.347 e. The van der Waals surface area contributed by atoms with Crippen LogP contribution in [0.5, 0.6) is 0 Å². The molecule has 11 heteroatoms. The van der Waals surface area contributed by atoms with E-state index in [4.69, 9.17) is 0 Å². The molecule has 0 atom stereocenters. The van der Waals surface area contributed by atoms with Crippen LogP contribution in [0.4, 0.5) is 16.2 Å². The summed E-state index contributed by atoms with van der Waals surface area (Å²) in [5, 5.41) is 25.8. The second kappa shape index (κ2) is 7.86. The Morgan fingerprint density at radius 1 is 1.28 bits per heavy atom. The van der Waals surface area contributed by atoms with E-state index in [2.05, 4.69) is 26.1 Å². The number of amides is 3. The molecule has 0 bridgehead atoms. The number of aryl methyl sites for hydroxylation is 1. The van der Waals surface area contributed by atoms with Crippen LogP contribution in [0.25, 0.3) is 0 Å². The van der Waals surface area contributed by atoms with E-state index in [0.717, 1.165) is 5.82 Å². The molecule has 11 nitrogen and oxygen atoms in total. The van der Waals surface area contributed by atoms with Crippen molar-refractivity contribution in [1.82, 2.24) is 25.4 Å². The second-order valence-corrected chi connectivity index (χ2v) is 5.11. The minimum atomic E-state index is -0.648. The lowest BCUT2D eigenvalue weighted by Crippen LogP contribution is -2.39. The maximum atomic E-state index is 11.7. The molecule has 0 saturated heterocycles. The van der Waals surface area contributed by atoms with Crippen LogP contribution in [0.1, 0.15) is 11.6 Å². The Morgan fingerprint density at radius 3 is 2.68 bits per heavy atom. The van der Waals surface area contributed by atoms with Gasteiger partial charge in [-0.15, -0.1) is 10.2 Å². The van der Waals surface area contributed by atoms with E-state index >= 15 is 0 Å².